The van der Waals surface area contributed by atoms with Gasteiger partial charge in [-0.1, -0.05) is 19.9 Å². The first-order valence-corrected chi connectivity index (χ1v) is 7.84. The van der Waals surface area contributed by atoms with E-state index in [4.69, 9.17) is 0 Å². The van der Waals surface area contributed by atoms with Gasteiger partial charge in [0.25, 0.3) is 0 Å². The Morgan fingerprint density at radius 1 is 1.52 bits per heavy atom. The number of hydrogen-bond acceptors (Lipinski definition) is 3. The molecule has 1 aromatic heterocycles. The molecule has 116 valence electrons. The summed E-state index contributed by atoms with van der Waals surface area (Å²) in [6, 6.07) is 4.03. The fraction of sp³-hybridized carbons (Fsp3) is 0.647. The third-order valence-corrected chi connectivity index (χ3v) is 4.36. The highest BCUT2D eigenvalue weighted by Gasteiger charge is 2.39. The van der Waals surface area contributed by atoms with Crippen LogP contribution < -0.4 is 5.32 Å². The molecule has 0 radical (unpaired) electrons. The van der Waals surface area contributed by atoms with E-state index in [9.17, 15) is 4.79 Å². The van der Waals surface area contributed by atoms with E-state index in [-0.39, 0.29) is 23.4 Å². The molecule has 1 amide bonds. The summed E-state index contributed by atoms with van der Waals surface area (Å²) in [5.41, 5.74) is 1.09. The zero-order valence-electron chi connectivity index (χ0n) is 13.6. The minimum absolute atomic E-state index is 0.0113. The Morgan fingerprint density at radius 2 is 2.29 bits per heavy atom. The van der Waals surface area contributed by atoms with Gasteiger partial charge in [-0.15, -0.1) is 0 Å². The highest BCUT2D eigenvalue weighted by atomic mass is 16.2. The van der Waals surface area contributed by atoms with Crippen LogP contribution in [0, 0.1) is 5.41 Å². The smallest absolute Gasteiger partial charge is 0.240 e. The summed E-state index contributed by atoms with van der Waals surface area (Å²) in [7, 11) is 0. The van der Waals surface area contributed by atoms with Crippen LogP contribution in [0.5, 0.6) is 0 Å². The molecule has 2 rings (SSSR count). The number of pyridine rings is 1. The highest BCUT2D eigenvalue weighted by molar-refractivity contribution is 5.83. The van der Waals surface area contributed by atoms with Crippen molar-refractivity contribution in [2.24, 2.45) is 5.41 Å². The molecular weight excluding hydrogens is 262 g/mol. The minimum atomic E-state index is -0.0923. The summed E-state index contributed by atoms with van der Waals surface area (Å²) < 4.78 is 0. The number of nitrogens with zero attached hydrogens (tertiary/aromatic N) is 2. The maximum atomic E-state index is 13.0. The summed E-state index contributed by atoms with van der Waals surface area (Å²) >= 11 is 0. The SMILES string of the molecule is CC(C)N(Cc1cccnc1)C(=O)C1NCCCC1(C)C. The van der Waals surface area contributed by atoms with Gasteiger partial charge in [0.2, 0.25) is 5.91 Å². The Hall–Kier alpha value is -1.42. The van der Waals surface area contributed by atoms with Gasteiger partial charge >= 0.3 is 0 Å². The molecule has 4 nitrogen and oxygen atoms in total. The molecule has 0 saturated carbocycles. The van der Waals surface area contributed by atoms with Crippen molar-refractivity contribution in [3.05, 3.63) is 30.1 Å². The van der Waals surface area contributed by atoms with E-state index in [2.05, 4.69) is 38.0 Å². The maximum absolute atomic E-state index is 13.0. The van der Waals surface area contributed by atoms with Crippen LogP contribution >= 0.6 is 0 Å². The van der Waals surface area contributed by atoms with E-state index in [0.29, 0.717) is 6.54 Å². The van der Waals surface area contributed by atoms with Gasteiger partial charge in [0, 0.05) is 25.0 Å². The normalized spacial score (nSPS) is 21.3. The molecule has 1 aliphatic heterocycles. The standard InChI is InChI=1S/C17H27N3O/c1-13(2)20(12-14-7-5-9-18-11-14)16(21)15-17(3,4)8-6-10-19-15/h5,7,9,11,13,15,19H,6,8,10,12H2,1-4H3. The third kappa shape index (κ3) is 3.82. The third-order valence-electron chi connectivity index (χ3n) is 4.36. The highest BCUT2D eigenvalue weighted by Crippen LogP contribution is 2.31. The lowest BCUT2D eigenvalue weighted by atomic mass is 9.77. The Balaban J connectivity index is 2.16. The maximum Gasteiger partial charge on any atom is 0.240 e. The van der Waals surface area contributed by atoms with E-state index in [0.717, 1.165) is 24.9 Å². The zero-order valence-corrected chi connectivity index (χ0v) is 13.6. The average Bonchev–Trinajstić information content (AvgIpc) is 2.44. The van der Waals surface area contributed by atoms with Crippen molar-refractivity contribution in [1.82, 2.24) is 15.2 Å². The molecule has 4 heteroatoms. The lowest BCUT2D eigenvalue weighted by molar-refractivity contribution is -0.139. The molecule has 0 spiro atoms. The lowest BCUT2D eigenvalue weighted by Crippen LogP contribution is -2.57. The topological polar surface area (TPSA) is 45.2 Å². The number of carbonyl (C=O) groups is 1. The van der Waals surface area contributed by atoms with Crippen LogP contribution in [0.15, 0.2) is 24.5 Å². The van der Waals surface area contributed by atoms with E-state index < -0.39 is 0 Å². The van der Waals surface area contributed by atoms with Gasteiger partial charge in [-0.3, -0.25) is 9.78 Å². The molecule has 1 atom stereocenters. The molecule has 0 aromatic carbocycles. The lowest BCUT2D eigenvalue weighted by Gasteiger charge is -2.41. The monoisotopic (exact) mass is 289 g/mol. The van der Waals surface area contributed by atoms with Crippen LogP contribution in [0.4, 0.5) is 0 Å². The predicted octanol–water partition coefficient (Wildman–Crippen LogP) is 2.60. The molecule has 0 aliphatic carbocycles. The Labute approximate surface area is 127 Å². The first-order valence-electron chi connectivity index (χ1n) is 7.84. The van der Waals surface area contributed by atoms with Crippen LogP contribution in [0.1, 0.15) is 46.1 Å². The first kappa shape index (κ1) is 16.0. The molecule has 2 heterocycles. The number of aromatic nitrogens is 1. The van der Waals surface area contributed by atoms with E-state index >= 15 is 0 Å². The summed E-state index contributed by atoms with van der Waals surface area (Å²) in [6.45, 7) is 10.1. The van der Waals surface area contributed by atoms with Crippen LogP contribution in [0.2, 0.25) is 0 Å². The fourth-order valence-electron chi connectivity index (χ4n) is 3.00. The first-order chi connectivity index (χ1) is 9.92. The summed E-state index contributed by atoms with van der Waals surface area (Å²) in [5, 5.41) is 3.42. The number of nitrogens with one attached hydrogen (secondary N) is 1. The molecule has 1 saturated heterocycles. The van der Waals surface area contributed by atoms with Gasteiger partial charge in [-0.05, 0) is 50.3 Å². The quantitative estimate of drug-likeness (QED) is 0.926. The summed E-state index contributed by atoms with van der Waals surface area (Å²) in [4.78, 5) is 19.1. The number of hydrogen-bond donors (Lipinski definition) is 1. The summed E-state index contributed by atoms with van der Waals surface area (Å²) in [5.74, 6) is 0.207. The second-order valence-electron chi connectivity index (χ2n) is 6.90. The van der Waals surface area contributed by atoms with Crippen molar-refractivity contribution in [2.75, 3.05) is 6.54 Å². The Bertz CT molecular complexity index is 470. The van der Waals surface area contributed by atoms with Gasteiger partial charge in [0.05, 0.1) is 6.04 Å². The number of amides is 1. The van der Waals surface area contributed by atoms with Crippen molar-refractivity contribution in [3.8, 4) is 0 Å². The number of carbonyl (C=O) groups excluding carboxylic acids is 1. The van der Waals surface area contributed by atoms with Crippen molar-refractivity contribution in [2.45, 2.75) is 59.2 Å². The summed E-state index contributed by atoms with van der Waals surface area (Å²) in [6.07, 6.45) is 5.83. The zero-order chi connectivity index (χ0) is 15.5. The molecule has 1 N–H and O–H groups in total. The van der Waals surface area contributed by atoms with Gasteiger partial charge in [-0.2, -0.15) is 0 Å². The van der Waals surface area contributed by atoms with Crippen molar-refractivity contribution in [1.29, 1.82) is 0 Å². The van der Waals surface area contributed by atoms with Gasteiger partial charge in [0.1, 0.15) is 0 Å². The van der Waals surface area contributed by atoms with Gasteiger partial charge in [-0.25, -0.2) is 0 Å². The van der Waals surface area contributed by atoms with E-state index in [1.54, 1.807) is 6.20 Å². The molecule has 1 aliphatic rings. The van der Waals surface area contributed by atoms with Crippen LogP contribution in [-0.4, -0.2) is 34.4 Å². The van der Waals surface area contributed by atoms with Crippen molar-refractivity contribution >= 4 is 5.91 Å². The molecule has 0 bridgehead atoms. The van der Waals surface area contributed by atoms with Crippen molar-refractivity contribution < 1.29 is 4.79 Å². The predicted molar refractivity (Wildman–Crippen MR) is 84.7 cm³/mol. The van der Waals surface area contributed by atoms with Crippen LogP contribution in [-0.2, 0) is 11.3 Å². The molecule has 1 aromatic rings. The molecule has 1 fully saturated rings. The largest absolute Gasteiger partial charge is 0.335 e. The fourth-order valence-corrected chi connectivity index (χ4v) is 3.00. The van der Waals surface area contributed by atoms with Gasteiger partial charge < -0.3 is 10.2 Å². The second-order valence-corrected chi connectivity index (χ2v) is 6.90. The van der Waals surface area contributed by atoms with Crippen molar-refractivity contribution in [3.63, 3.8) is 0 Å². The average molecular weight is 289 g/mol. The molecule has 1 unspecified atom stereocenters. The second kappa shape index (κ2) is 6.56. The minimum Gasteiger partial charge on any atom is -0.335 e. The van der Waals surface area contributed by atoms with E-state index in [1.165, 1.54) is 0 Å². The molecule has 21 heavy (non-hydrogen) atoms. The molecular formula is C17H27N3O. The number of rotatable bonds is 4. The van der Waals surface area contributed by atoms with Crippen LogP contribution in [0.3, 0.4) is 0 Å². The van der Waals surface area contributed by atoms with Crippen LogP contribution in [0.25, 0.3) is 0 Å². The Morgan fingerprint density at radius 3 is 2.86 bits per heavy atom. The van der Waals surface area contributed by atoms with E-state index in [1.807, 2.05) is 23.2 Å². The Kier molecular flexibility index (Phi) is 4.99. The van der Waals surface area contributed by atoms with Gasteiger partial charge in [0.15, 0.2) is 0 Å². The number of piperidine rings is 1.